The molecule has 0 spiro atoms. The molecule has 1 unspecified atom stereocenters. The number of carbonyl (C=O) groups is 2. The number of likely N-dealkylation sites (tertiary alicyclic amines) is 1. The molecule has 1 fully saturated rings. The largest absolute Gasteiger partial charge is 0.872 e. The van der Waals surface area contributed by atoms with Gasteiger partial charge in [0.15, 0.2) is 12.4 Å². The molecule has 1 saturated heterocycles. The van der Waals surface area contributed by atoms with Crippen LogP contribution in [0.5, 0.6) is 5.75 Å². The first-order valence-electron chi connectivity index (χ1n) is 11.0. The average Bonchev–Trinajstić information content (AvgIpc) is 3.12. The van der Waals surface area contributed by atoms with Crippen molar-refractivity contribution in [2.45, 2.75) is 19.6 Å². The maximum atomic E-state index is 13.4. The molecule has 34 heavy (non-hydrogen) atoms. The summed E-state index contributed by atoms with van der Waals surface area (Å²) in [5.41, 5.74) is 3.15. The topological polar surface area (TPSA) is 93.0 Å². The normalized spacial score (nSPS) is 17.2. The zero-order valence-corrected chi connectivity index (χ0v) is 19.1. The van der Waals surface area contributed by atoms with Gasteiger partial charge in [0, 0.05) is 31.4 Å². The van der Waals surface area contributed by atoms with Crippen LogP contribution in [-0.4, -0.2) is 36.9 Å². The number of benzene rings is 2. The van der Waals surface area contributed by atoms with E-state index in [1.165, 1.54) is 12.0 Å². The molecule has 1 aromatic heterocycles. The molecule has 7 heteroatoms. The number of nitrogens with one attached hydrogen (secondary N) is 1. The minimum Gasteiger partial charge on any atom is -0.872 e. The highest BCUT2D eigenvalue weighted by Crippen LogP contribution is 2.38. The third kappa shape index (κ3) is 4.70. The van der Waals surface area contributed by atoms with Gasteiger partial charge in [-0.15, -0.1) is 0 Å². The van der Waals surface area contributed by atoms with Gasteiger partial charge < -0.3 is 19.5 Å². The Morgan fingerprint density at radius 1 is 1.03 bits per heavy atom. The number of aryl methyl sites for hydroxylation is 1. The molecule has 3 aromatic rings. The summed E-state index contributed by atoms with van der Waals surface area (Å²) in [6, 6.07) is 17.3. The number of hydrogen-bond acceptors (Lipinski definition) is 5. The van der Waals surface area contributed by atoms with Crippen molar-refractivity contribution in [1.82, 2.24) is 4.90 Å². The van der Waals surface area contributed by atoms with Crippen LogP contribution in [-0.2, 0) is 20.9 Å². The number of Topliss-reactive ketones (excluding diaryl/α,β-unsaturated/α-hetero) is 1. The van der Waals surface area contributed by atoms with Crippen LogP contribution in [0.2, 0.25) is 0 Å². The number of rotatable bonds is 8. The second-order valence-electron chi connectivity index (χ2n) is 8.04. The van der Waals surface area contributed by atoms with Crippen LogP contribution in [0.1, 0.15) is 28.3 Å². The van der Waals surface area contributed by atoms with E-state index in [0.29, 0.717) is 23.5 Å². The molecule has 1 aliphatic rings. The molecule has 0 radical (unpaired) electrons. The standard InChI is InChI=1S/C27H26N2O5/c1-18-5-3-4-6-21(18)17-34-22-9-7-20(8-10-22)25(30)23-24(19-11-13-28-14-12-19)29(15-16-33-2)27(32)26(23)31/h3-14,24,30H,15-17H2,1-2H3. The number of aromatic amines is 1. The maximum Gasteiger partial charge on any atom is 0.295 e. The molecule has 1 aliphatic heterocycles. The van der Waals surface area contributed by atoms with Gasteiger partial charge in [0.05, 0.1) is 12.6 Å². The van der Waals surface area contributed by atoms with E-state index in [1.54, 1.807) is 48.8 Å². The fourth-order valence-electron chi connectivity index (χ4n) is 4.01. The molecule has 0 bridgehead atoms. The zero-order valence-electron chi connectivity index (χ0n) is 19.1. The number of carbonyl (C=O) groups excluding carboxylic acids is 2. The van der Waals surface area contributed by atoms with Crippen LogP contribution in [0.3, 0.4) is 0 Å². The Hall–Kier alpha value is -3.97. The van der Waals surface area contributed by atoms with E-state index in [0.717, 1.165) is 11.1 Å². The van der Waals surface area contributed by atoms with Crippen molar-refractivity contribution in [3.05, 3.63) is 101 Å². The summed E-state index contributed by atoms with van der Waals surface area (Å²) in [5, 5.41) is 13.4. The highest BCUT2D eigenvalue weighted by molar-refractivity contribution is 6.46. The van der Waals surface area contributed by atoms with Gasteiger partial charge in [0.2, 0.25) is 5.78 Å². The molecule has 0 aliphatic carbocycles. The van der Waals surface area contributed by atoms with Gasteiger partial charge in [0.25, 0.3) is 5.91 Å². The number of H-pyrrole nitrogens is 1. The molecular formula is C27H26N2O5. The van der Waals surface area contributed by atoms with Gasteiger partial charge in [-0.25, -0.2) is 4.98 Å². The van der Waals surface area contributed by atoms with Crippen molar-refractivity contribution in [3.8, 4) is 5.75 Å². The zero-order chi connectivity index (χ0) is 24.1. The summed E-state index contributed by atoms with van der Waals surface area (Å²) in [7, 11) is 1.52. The molecule has 4 rings (SSSR count). The van der Waals surface area contributed by atoms with E-state index < -0.39 is 23.5 Å². The van der Waals surface area contributed by atoms with Gasteiger partial charge >= 0.3 is 0 Å². The maximum absolute atomic E-state index is 13.4. The fraction of sp³-hybridized carbons (Fsp3) is 0.222. The second-order valence-corrected chi connectivity index (χ2v) is 8.04. The van der Waals surface area contributed by atoms with Crippen molar-refractivity contribution in [2.24, 2.45) is 0 Å². The Morgan fingerprint density at radius 2 is 1.74 bits per heavy atom. The molecule has 1 amide bonds. The highest BCUT2D eigenvalue weighted by Gasteiger charge is 2.44. The van der Waals surface area contributed by atoms with E-state index in [2.05, 4.69) is 4.98 Å². The van der Waals surface area contributed by atoms with Crippen LogP contribution >= 0.6 is 0 Å². The lowest BCUT2D eigenvalue weighted by molar-refractivity contribution is -0.378. The van der Waals surface area contributed by atoms with Gasteiger partial charge in [-0.2, -0.15) is 0 Å². The molecule has 2 heterocycles. The summed E-state index contributed by atoms with van der Waals surface area (Å²) in [6.07, 6.45) is 3.39. The van der Waals surface area contributed by atoms with E-state index in [9.17, 15) is 14.7 Å². The predicted molar refractivity (Wildman–Crippen MR) is 123 cm³/mol. The average molecular weight is 459 g/mol. The minimum atomic E-state index is -0.779. The molecule has 7 nitrogen and oxygen atoms in total. The highest BCUT2D eigenvalue weighted by atomic mass is 16.5. The Bertz CT molecular complexity index is 1210. The quantitative estimate of drug-likeness (QED) is 0.293. The minimum absolute atomic E-state index is 0.0547. The third-order valence-corrected chi connectivity index (χ3v) is 5.90. The number of ketones is 1. The van der Waals surface area contributed by atoms with Crippen molar-refractivity contribution in [2.75, 3.05) is 20.3 Å². The predicted octanol–water partition coefficient (Wildman–Crippen LogP) is 2.26. The number of methoxy groups -OCH3 is 1. The van der Waals surface area contributed by atoms with Crippen LogP contribution in [0.15, 0.2) is 78.6 Å². The number of aromatic nitrogens is 1. The van der Waals surface area contributed by atoms with Crippen molar-refractivity contribution < 1.29 is 29.2 Å². The Balaban J connectivity index is 1.63. The lowest BCUT2D eigenvalue weighted by atomic mass is 9.96. The number of amides is 1. The summed E-state index contributed by atoms with van der Waals surface area (Å²) < 4.78 is 11.0. The Kier molecular flexibility index (Phi) is 7.04. The lowest BCUT2D eigenvalue weighted by Crippen LogP contribution is -2.32. The number of pyridine rings is 1. The third-order valence-electron chi connectivity index (χ3n) is 5.90. The van der Waals surface area contributed by atoms with Crippen molar-refractivity contribution in [3.63, 3.8) is 0 Å². The number of ether oxygens (including phenoxy) is 2. The molecular weight excluding hydrogens is 432 g/mol. The van der Waals surface area contributed by atoms with Gasteiger partial charge in [-0.05, 0) is 41.3 Å². The van der Waals surface area contributed by atoms with Crippen molar-refractivity contribution >= 4 is 17.4 Å². The SMILES string of the molecule is COCCN1C(=O)C(=O)C(=C([O-])c2ccc(OCc3ccccc3C)cc2)C1c1cc[nH+]cc1. The fourth-order valence-corrected chi connectivity index (χ4v) is 4.01. The lowest BCUT2D eigenvalue weighted by Gasteiger charge is -2.26. The van der Waals surface area contributed by atoms with E-state index in [-0.39, 0.29) is 18.7 Å². The smallest absolute Gasteiger partial charge is 0.295 e. The molecule has 174 valence electrons. The number of nitrogens with zero attached hydrogens (tertiary/aromatic N) is 1. The summed E-state index contributed by atoms with van der Waals surface area (Å²) >= 11 is 0. The summed E-state index contributed by atoms with van der Waals surface area (Å²) in [6.45, 7) is 2.89. The summed E-state index contributed by atoms with van der Waals surface area (Å²) in [5.74, 6) is -1.34. The first-order chi connectivity index (χ1) is 16.5. The Labute approximate surface area is 198 Å². The number of hydrogen-bond donors (Lipinski definition) is 0. The first kappa shape index (κ1) is 23.2. The molecule has 0 saturated carbocycles. The molecule has 2 aromatic carbocycles. The van der Waals surface area contributed by atoms with Gasteiger partial charge in [0.1, 0.15) is 12.4 Å². The monoisotopic (exact) mass is 458 g/mol. The van der Waals surface area contributed by atoms with Gasteiger partial charge in [-0.3, -0.25) is 9.59 Å². The van der Waals surface area contributed by atoms with E-state index in [4.69, 9.17) is 9.47 Å². The van der Waals surface area contributed by atoms with Crippen molar-refractivity contribution in [1.29, 1.82) is 0 Å². The van der Waals surface area contributed by atoms with Crippen LogP contribution in [0.4, 0.5) is 0 Å². The molecule has 1 atom stereocenters. The van der Waals surface area contributed by atoms with Crippen LogP contribution in [0, 0.1) is 6.92 Å². The summed E-state index contributed by atoms with van der Waals surface area (Å²) in [4.78, 5) is 30.0. The van der Waals surface area contributed by atoms with Gasteiger partial charge in [-0.1, -0.05) is 42.2 Å². The van der Waals surface area contributed by atoms with E-state index in [1.807, 2.05) is 31.2 Å². The Morgan fingerprint density at radius 3 is 2.41 bits per heavy atom. The van der Waals surface area contributed by atoms with E-state index >= 15 is 0 Å². The first-order valence-corrected chi connectivity index (χ1v) is 11.0. The second kappa shape index (κ2) is 10.3. The molecule has 1 N–H and O–H groups in total. The van der Waals surface area contributed by atoms with Crippen LogP contribution in [0.25, 0.3) is 5.76 Å². The van der Waals surface area contributed by atoms with Crippen LogP contribution < -0.4 is 14.8 Å².